The van der Waals surface area contributed by atoms with E-state index in [-0.39, 0.29) is 0 Å². The zero-order valence-corrected chi connectivity index (χ0v) is 12.4. The van der Waals surface area contributed by atoms with Crippen LogP contribution in [0.4, 0.5) is 0 Å². The summed E-state index contributed by atoms with van der Waals surface area (Å²) in [5.41, 5.74) is 2.16. The first-order valence-corrected chi connectivity index (χ1v) is 8.01. The third-order valence-corrected chi connectivity index (χ3v) is 5.37. The van der Waals surface area contributed by atoms with Crippen LogP contribution in [0.25, 0.3) is 0 Å². The van der Waals surface area contributed by atoms with Crippen LogP contribution in [0.2, 0.25) is 0 Å². The van der Waals surface area contributed by atoms with Crippen molar-refractivity contribution in [1.29, 1.82) is 0 Å². The van der Waals surface area contributed by atoms with Gasteiger partial charge in [-0.05, 0) is 61.5 Å². The number of benzene rings is 1. The molecule has 0 radical (unpaired) electrons. The molecule has 1 N–H and O–H groups in total. The molecule has 0 saturated heterocycles. The molecule has 1 aromatic rings. The Morgan fingerprint density at radius 3 is 2.79 bits per heavy atom. The fraction of sp³-hybridized carbons (Fsp3) is 0.667. The summed E-state index contributed by atoms with van der Waals surface area (Å²) in [5.74, 6) is 1.78. The van der Waals surface area contributed by atoms with Crippen molar-refractivity contribution in [2.24, 2.45) is 11.3 Å². The van der Waals surface area contributed by atoms with E-state index in [9.17, 15) is 0 Å². The molecule has 1 nitrogen and oxygen atoms in total. The molecule has 0 amide bonds. The maximum atomic E-state index is 3.72. The van der Waals surface area contributed by atoms with Crippen molar-refractivity contribution in [2.75, 3.05) is 6.54 Å². The molecular weight excluding hydrogens is 230 g/mol. The molecule has 3 rings (SSSR count). The predicted molar refractivity (Wildman–Crippen MR) is 81.3 cm³/mol. The molecule has 4 atom stereocenters. The van der Waals surface area contributed by atoms with Crippen LogP contribution in [0.3, 0.4) is 0 Å². The van der Waals surface area contributed by atoms with Crippen LogP contribution in [0.5, 0.6) is 0 Å². The predicted octanol–water partition coefficient (Wildman–Crippen LogP) is 4.35. The lowest BCUT2D eigenvalue weighted by Gasteiger charge is -2.25. The highest BCUT2D eigenvalue weighted by Crippen LogP contribution is 2.62. The van der Waals surface area contributed by atoms with Gasteiger partial charge in [-0.2, -0.15) is 0 Å². The Bertz CT molecular complexity index is 413. The van der Waals surface area contributed by atoms with Gasteiger partial charge in [0.1, 0.15) is 0 Å². The summed E-state index contributed by atoms with van der Waals surface area (Å²) in [5, 5.41) is 3.72. The zero-order chi connectivity index (χ0) is 13.3. The highest BCUT2D eigenvalue weighted by atomic mass is 14.9. The number of hydrogen-bond acceptors (Lipinski definition) is 1. The molecule has 2 aliphatic carbocycles. The highest BCUT2D eigenvalue weighted by molar-refractivity contribution is 5.27. The minimum absolute atomic E-state index is 0.589. The van der Waals surface area contributed by atoms with Crippen molar-refractivity contribution in [3.8, 4) is 0 Å². The van der Waals surface area contributed by atoms with Gasteiger partial charge in [-0.3, -0.25) is 0 Å². The van der Waals surface area contributed by atoms with Crippen LogP contribution in [0.1, 0.15) is 57.4 Å². The molecule has 2 fully saturated rings. The molecule has 0 heterocycles. The fourth-order valence-corrected chi connectivity index (χ4v) is 4.16. The van der Waals surface area contributed by atoms with Crippen molar-refractivity contribution in [1.82, 2.24) is 5.32 Å². The quantitative estimate of drug-likeness (QED) is 0.827. The van der Waals surface area contributed by atoms with E-state index in [1.165, 1.54) is 38.6 Å². The highest BCUT2D eigenvalue weighted by Gasteiger charge is 2.52. The van der Waals surface area contributed by atoms with Gasteiger partial charge in [0.05, 0.1) is 0 Å². The van der Waals surface area contributed by atoms with E-state index >= 15 is 0 Å². The fourth-order valence-electron chi connectivity index (χ4n) is 4.16. The molecule has 1 heteroatoms. The van der Waals surface area contributed by atoms with E-state index in [0.29, 0.717) is 5.41 Å². The summed E-state index contributed by atoms with van der Waals surface area (Å²) >= 11 is 0. The molecule has 0 bridgehead atoms. The lowest BCUT2D eigenvalue weighted by Crippen LogP contribution is -2.29. The minimum Gasteiger partial charge on any atom is -0.314 e. The molecule has 0 spiro atoms. The zero-order valence-electron chi connectivity index (χ0n) is 12.4. The summed E-state index contributed by atoms with van der Waals surface area (Å²) in [7, 11) is 0. The van der Waals surface area contributed by atoms with Crippen LogP contribution in [-0.2, 0) is 0 Å². The van der Waals surface area contributed by atoms with Gasteiger partial charge in [-0.1, -0.05) is 44.2 Å². The van der Waals surface area contributed by atoms with Gasteiger partial charge in [0.25, 0.3) is 0 Å². The first kappa shape index (κ1) is 13.2. The van der Waals surface area contributed by atoms with Gasteiger partial charge in [0.15, 0.2) is 0 Å². The Kier molecular flexibility index (Phi) is 3.66. The van der Waals surface area contributed by atoms with Crippen LogP contribution >= 0.6 is 0 Å². The van der Waals surface area contributed by atoms with E-state index in [1.54, 1.807) is 5.56 Å². The van der Waals surface area contributed by atoms with E-state index in [0.717, 1.165) is 17.9 Å². The maximum absolute atomic E-state index is 3.72. The molecular formula is C18H27N. The molecule has 1 aromatic carbocycles. The van der Waals surface area contributed by atoms with E-state index in [4.69, 9.17) is 0 Å². The van der Waals surface area contributed by atoms with E-state index in [1.807, 2.05) is 0 Å². The largest absolute Gasteiger partial charge is 0.314 e. The Morgan fingerprint density at radius 1 is 1.26 bits per heavy atom. The van der Waals surface area contributed by atoms with Gasteiger partial charge in [0.2, 0.25) is 0 Å². The molecule has 2 aliphatic rings. The Balaban J connectivity index is 1.59. The Labute approximate surface area is 117 Å². The lowest BCUT2D eigenvalue weighted by atomic mass is 9.81. The minimum atomic E-state index is 0.589. The lowest BCUT2D eigenvalue weighted by molar-refractivity contribution is 0.268. The topological polar surface area (TPSA) is 12.0 Å². The third-order valence-electron chi connectivity index (χ3n) is 5.37. The normalized spacial score (nSPS) is 37.5. The van der Waals surface area contributed by atoms with Crippen LogP contribution in [0.15, 0.2) is 30.3 Å². The second-order valence-electron chi connectivity index (χ2n) is 6.91. The second kappa shape index (κ2) is 5.28. The molecule has 0 aliphatic heterocycles. The number of hydrogen-bond donors (Lipinski definition) is 1. The maximum Gasteiger partial charge on any atom is 0.00725 e. The smallest absolute Gasteiger partial charge is 0.00725 e. The summed E-state index contributed by atoms with van der Waals surface area (Å²) in [6.45, 7) is 5.98. The number of rotatable bonds is 5. The van der Waals surface area contributed by atoms with Crippen LogP contribution in [0, 0.1) is 11.3 Å². The average molecular weight is 257 g/mol. The first-order valence-electron chi connectivity index (χ1n) is 8.01. The summed E-state index contributed by atoms with van der Waals surface area (Å²) in [4.78, 5) is 0. The second-order valence-corrected chi connectivity index (χ2v) is 6.91. The standard InChI is InChI=1S/C18H27N/c1-3-11-19-15-9-10-18(2,13-15)17-12-16(17)14-7-5-4-6-8-14/h4-8,15-17,19H,3,9-13H2,1-2H3. The average Bonchev–Trinajstić information content (AvgIpc) is 3.17. The van der Waals surface area contributed by atoms with Crippen molar-refractivity contribution >= 4 is 0 Å². The third kappa shape index (κ3) is 2.72. The Hall–Kier alpha value is -0.820. The van der Waals surface area contributed by atoms with Gasteiger partial charge in [-0.25, -0.2) is 0 Å². The van der Waals surface area contributed by atoms with E-state index < -0.39 is 0 Å². The van der Waals surface area contributed by atoms with Crippen LogP contribution in [-0.4, -0.2) is 12.6 Å². The van der Waals surface area contributed by atoms with Crippen molar-refractivity contribution in [3.63, 3.8) is 0 Å². The summed E-state index contributed by atoms with van der Waals surface area (Å²) < 4.78 is 0. The monoisotopic (exact) mass is 257 g/mol. The van der Waals surface area contributed by atoms with Crippen LogP contribution < -0.4 is 5.32 Å². The van der Waals surface area contributed by atoms with Gasteiger partial charge < -0.3 is 5.32 Å². The van der Waals surface area contributed by atoms with Gasteiger partial charge >= 0.3 is 0 Å². The van der Waals surface area contributed by atoms with Gasteiger partial charge in [0, 0.05) is 6.04 Å². The molecule has 19 heavy (non-hydrogen) atoms. The Morgan fingerprint density at radius 2 is 2.05 bits per heavy atom. The van der Waals surface area contributed by atoms with Crippen molar-refractivity contribution in [3.05, 3.63) is 35.9 Å². The number of nitrogens with one attached hydrogen (secondary N) is 1. The van der Waals surface area contributed by atoms with Crippen molar-refractivity contribution in [2.45, 2.75) is 57.9 Å². The summed E-state index contributed by atoms with van der Waals surface area (Å²) in [6, 6.07) is 11.9. The first-order chi connectivity index (χ1) is 9.23. The van der Waals surface area contributed by atoms with E-state index in [2.05, 4.69) is 49.5 Å². The SMILES string of the molecule is CCCNC1CCC(C)(C2CC2c2ccccc2)C1. The summed E-state index contributed by atoms with van der Waals surface area (Å²) in [6.07, 6.45) is 6.86. The molecule has 4 unspecified atom stereocenters. The van der Waals surface area contributed by atoms with Gasteiger partial charge in [-0.15, -0.1) is 0 Å². The molecule has 0 aromatic heterocycles. The molecule has 2 saturated carbocycles. The molecule has 104 valence electrons. The van der Waals surface area contributed by atoms with Crippen molar-refractivity contribution < 1.29 is 0 Å².